The number of amides is 1. The summed E-state index contributed by atoms with van der Waals surface area (Å²) in [5.41, 5.74) is 6.52. The summed E-state index contributed by atoms with van der Waals surface area (Å²) in [6, 6.07) is 14.4. The van der Waals surface area contributed by atoms with Crippen molar-refractivity contribution in [2.24, 2.45) is 7.05 Å². The van der Waals surface area contributed by atoms with Crippen molar-refractivity contribution in [2.75, 3.05) is 44.3 Å². The first kappa shape index (κ1) is 27.8. The predicted molar refractivity (Wildman–Crippen MR) is 161 cm³/mol. The Morgan fingerprint density at radius 1 is 0.881 bits per heavy atom. The molecule has 0 atom stereocenters. The molecule has 0 saturated carbocycles. The molecule has 4 aromatic rings. The Morgan fingerprint density at radius 2 is 1.60 bits per heavy atom. The van der Waals surface area contributed by atoms with Gasteiger partial charge in [0.15, 0.2) is 5.78 Å². The number of rotatable bonds is 7. The van der Waals surface area contributed by atoms with Gasteiger partial charge in [-0.15, -0.1) is 0 Å². The number of ketones is 1. The minimum Gasteiger partial charge on any atom is -0.378 e. The van der Waals surface area contributed by atoms with Crippen molar-refractivity contribution in [2.45, 2.75) is 32.1 Å². The molecule has 6 rings (SSSR count). The van der Waals surface area contributed by atoms with Gasteiger partial charge in [0.05, 0.1) is 25.0 Å². The number of anilines is 1. The van der Waals surface area contributed by atoms with Gasteiger partial charge in [-0.05, 0) is 60.1 Å². The van der Waals surface area contributed by atoms with Crippen molar-refractivity contribution in [1.82, 2.24) is 24.6 Å². The third-order valence-corrected chi connectivity index (χ3v) is 8.40. The first-order chi connectivity index (χ1) is 20.4. The van der Waals surface area contributed by atoms with E-state index in [4.69, 9.17) is 4.74 Å². The minimum absolute atomic E-state index is 0.0206. The summed E-state index contributed by atoms with van der Waals surface area (Å²) >= 11 is 0. The Kier molecular flexibility index (Phi) is 8.10. The van der Waals surface area contributed by atoms with Crippen molar-refractivity contribution < 1.29 is 14.3 Å². The second kappa shape index (κ2) is 12.2. The van der Waals surface area contributed by atoms with E-state index in [1.54, 1.807) is 12.4 Å². The van der Waals surface area contributed by atoms with Crippen LogP contribution < -0.4 is 4.90 Å². The predicted octanol–water partition coefficient (Wildman–Crippen LogP) is 4.47. The van der Waals surface area contributed by atoms with Crippen molar-refractivity contribution in [3.63, 3.8) is 0 Å². The highest BCUT2D eigenvalue weighted by molar-refractivity contribution is 5.98. The Hall–Kier alpha value is -4.37. The molecule has 0 spiro atoms. The van der Waals surface area contributed by atoms with Gasteiger partial charge in [0.2, 0.25) is 5.95 Å². The maximum absolute atomic E-state index is 13.5. The topological polar surface area (TPSA) is 93.5 Å². The van der Waals surface area contributed by atoms with Gasteiger partial charge in [0.1, 0.15) is 0 Å². The van der Waals surface area contributed by atoms with Crippen molar-refractivity contribution in [3.05, 3.63) is 95.1 Å². The summed E-state index contributed by atoms with van der Waals surface area (Å²) in [6.45, 7) is 6.18. The first-order valence-electron chi connectivity index (χ1n) is 14.6. The molecule has 2 aliphatic heterocycles. The number of benzene rings is 2. The standard InChI is InChI=1S/C33H36N6O3/c1-23-3-4-27(17-28(23)18-31(40)29-19-34-33(35-20-29)39-13-15-42-16-14-39)32(41)38-11-9-26(10-12-38)24-5-7-25(8-6-24)30-21-36-37(2)22-30/h3-8,17,19-22,26H,9-16,18H2,1-2H3. The Bertz CT molecular complexity index is 1550. The van der Waals surface area contributed by atoms with Crippen LogP contribution in [0.3, 0.4) is 0 Å². The summed E-state index contributed by atoms with van der Waals surface area (Å²) in [5, 5.41) is 4.26. The molecule has 0 unspecified atom stereocenters. The summed E-state index contributed by atoms with van der Waals surface area (Å²) in [5.74, 6) is 1.00. The number of aromatic nitrogens is 4. The smallest absolute Gasteiger partial charge is 0.253 e. The van der Waals surface area contributed by atoms with E-state index in [2.05, 4.69) is 44.2 Å². The molecule has 2 aliphatic rings. The van der Waals surface area contributed by atoms with Gasteiger partial charge in [-0.2, -0.15) is 5.10 Å². The van der Waals surface area contributed by atoms with Crippen LogP contribution in [0.2, 0.25) is 0 Å². The number of ether oxygens (including phenoxy) is 1. The molecule has 2 fully saturated rings. The number of piperidine rings is 1. The van der Waals surface area contributed by atoms with Crippen LogP contribution in [0.4, 0.5) is 5.95 Å². The van der Waals surface area contributed by atoms with Crippen LogP contribution in [-0.4, -0.2) is 75.7 Å². The average molecular weight is 565 g/mol. The summed E-state index contributed by atoms with van der Waals surface area (Å²) in [7, 11) is 1.92. The van der Waals surface area contributed by atoms with Crippen molar-refractivity contribution in [1.29, 1.82) is 0 Å². The quantitative estimate of drug-likeness (QED) is 0.306. The first-order valence-corrected chi connectivity index (χ1v) is 14.6. The zero-order chi connectivity index (χ0) is 29.1. The lowest BCUT2D eigenvalue weighted by atomic mass is 9.88. The van der Waals surface area contributed by atoms with Crippen LogP contribution >= 0.6 is 0 Å². The van der Waals surface area contributed by atoms with Crippen molar-refractivity contribution >= 4 is 17.6 Å². The SMILES string of the molecule is Cc1ccc(C(=O)N2CCC(c3ccc(-c4cnn(C)c4)cc3)CC2)cc1CC(=O)c1cnc(N2CCOCC2)nc1. The third-order valence-electron chi connectivity index (χ3n) is 8.40. The molecule has 9 nitrogen and oxygen atoms in total. The molecule has 216 valence electrons. The lowest BCUT2D eigenvalue weighted by Gasteiger charge is -2.32. The highest BCUT2D eigenvalue weighted by Crippen LogP contribution is 2.30. The largest absolute Gasteiger partial charge is 0.378 e. The van der Waals surface area contributed by atoms with Gasteiger partial charge in [-0.1, -0.05) is 30.3 Å². The minimum atomic E-state index is -0.0633. The maximum atomic E-state index is 13.5. The van der Waals surface area contributed by atoms with Crippen LogP contribution in [0.15, 0.2) is 67.3 Å². The Balaban J connectivity index is 1.06. The fourth-order valence-electron chi connectivity index (χ4n) is 5.78. The lowest BCUT2D eigenvalue weighted by Crippen LogP contribution is -2.38. The van der Waals surface area contributed by atoms with Crippen LogP contribution in [0, 0.1) is 6.92 Å². The molecule has 2 aromatic carbocycles. The zero-order valence-electron chi connectivity index (χ0n) is 24.2. The average Bonchev–Trinajstić information content (AvgIpc) is 3.48. The molecule has 0 N–H and O–H groups in total. The van der Waals surface area contributed by atoms with Gasteiger partial charge < -0.3 is 14.5 Å². The van der Waals surface area contributed by atoms with Gasteiger partial charge in [0.25, 0.3) is 5.91 Å². The number of Topliss-reactive ketones (excluding diaryl/α,β-unsaturated/α-hetero) is 1. The zero-order valence-corrected chi connectivity index (χ0v) is 24.2. The summed E-state index contributed by atoms with van der Waals surface area (Å²) < 4.78 is 7.20. The van der Waals surface area contributed by atoms with E-state index >= 15 is 0 Å². The molecule has 2 aromatic heterocycles. The molecular formula is C33H36N6O3. The van der Waals surface area contributed by atoms with E-state index in [1.807, 2.05) is 54.1 Å². The number of carbonyl (C=O) groups is 2. The molecule has 4 heterocycles. The van der Waals surface area contributed by atoms with E-state index < -0.39 is 0 Å². The number of hydrogen-bond donors (Lipinski definition) is 0. The fraction of sp³-hybridized carbons (Fsp3) is 0.364. The number of likely N-dealkylation sites (tertiary alicyclic amines) is 1. The number of carbonyl (C=O) groups excluding carboxylic acids is 2. The molecular weight excluding hydrogens is 528 g/mol. The van der Waals surface area contributed by atoms with Gasteiger partial charge >= 0.3 is 0 Å². The Labute approximate surface area is 246 Å². The van der Waals surface area contributed by atoms with Crippen LogP contribution in [-0.2, 0) is 18.2 Å². The molecule has 0 bridgehead atoms. The summed E-state index contributed by atoms with van der Waals surface area (Å²) in [6.07, 6.45) is 9.14. The second-order valence-electron chi connectivity index (χ2n) is 11.2. The van der Waals surface area contributed by atoms with E-state index in [1.165, 1.54) is 5.56 Å². The lowest BCUT2D eigenvalue weighted by molar-refractivity contribution is 0.0712. The highest BCUT2D eigenvalue weighted by Gasteiger charge is 2.25. The second-order valence-corrected chi connectivity index (χ2v) is 11.2. The molecule has 0 radical (unpaired) electrons. The number of aryl methyl sites for hydroxylation is 2. The van der Waals surface area contributed by atoms with Crippen LogP contribution in [0.5, 0.6) is 0 Å². The van der Waals surface area contributed by atoms with E-state index in [-0.39, 0.29) is 18.1 Å². The fourth-order valence-corrected chi connectivity index (χ4v) is 5.78. The Morgan fingerprint density at radius 3 is 2.26 bits per heavy atom. The molecule has 2 saturated heterocycles. The number of morpholine rings is 1. The third kappa shape index (κ3) is 6.11. The van der Waals surface area contributed by atoms with E-state index in [0.717, 1.165) is 48.2 Å². The van der Waals surface area contributed by atoms with Gasteiger partial charge in [-0.3, -0.25) is 14.3 Å². The number of nitrogens with zero attached hydrogens (tertiary/aromatic N) is 6. The normalized spacial score (nSPS) is 16.0. The monoisotopic (exact) mass is 564 g/mol. The highest BCUT2D eigenvalue weighted by atomic mass is 16.5. The molecule has 9 heteroatoms. The molecule has 1 amide bonds. The van der Waals surface area contributed by atoms with Crippen molar-refractivity contribution in [3.8, 4) is 11.1 Å². The van der Waals surface area contributed by atoms with Gasteiger partial charge in [0, 0.05) is 69.4 Å². The molecule has 42 heavy (non-hydrogen) atoms. The van der Waals surface area contributed by atoms with E-state index in [9.17, 15) is 9.59 Å². The van der Waals surface area contributed by atoms with Crippen LogP contribution in [0.25, 0.3) is 11.1 Å². The number of hydrogen-bond acceptors (Lipinski definition) is 7. The summed E-state index contributed by atoms with van der Waals surface area (Å²) in [4.78, 5) is 39.4. The van der Waals surface area contributed by atoms with E-state index in [0.29, 0.717) is 49.3 Å². The molecule has 0 aliphatic carbocycles. The van der Waals surface area contributed by atoms with Gasteiger partial charge in [-0.25, -0.2) is 9.97 Å². The maximum Gasteiger partial charge on any atom is 0.253 e. The van der Waals surface area contributed by atoms with Crippen LogP contribution in [0.1, 0.15) is 56.2 Å².